The SMILES string of the molecule is C=C(C)C(=O)O.CC(C)CO. The van der Waals surface area contributed by atoms with E-state index in [0.29, 0.717) is 12.5 Å². The molecular weight excluding hydrogens is 144 g/mol. The molecule has 0 heterocycles. The summed E-state index contributed by atoms with van der Waals surface area (Å²) in [7, 11) is 0. The molecular formula is C8H16O3. The average molecular weight is 160 g/mol. The van der Waals surface area contributed by atoms with Crippen LogP contribution in [0.1, 0.15) is 20.8 Å². The van der Waals surface area contributed by atoms with Crippen molar-refractivity contribution in [1.82, 2.24) is 0 Å². The van der Waals surface area contributed by atoms with E-state index < -0.39 is 5.97 Å². The second-order valence-electron chi connectivity index (χ2n) is 2.66. The molecule has 0 saturated heterocycles. The van der Waals surface area contributed by atoms with Gasteiger partial charge in [0.25, 0.3) is 0 Å². The third-order valence-electron chi connectivity index (χ3n) is 0.730. The molecule has 3 nitrogen and oxygen atoms in total. The van der Waals surface area contributed by atoms with Gasteiger partial charge in [0.2, 0.25) is 0 Å². The summed E-state index contributed by atoms with van der Waals surface area (Å²) in [6.45, 7) is 8.85. The van der Waals surface area contributed by atoms with Gasteiger partial charge in [-0.25, -0.2) is 4.79 Å². The summed E-state index contributed by atoms with van der Waals surface area (Å²) in [6, 6.07) is 0. The van der Waals surface area contributed by atoms with E-state index in [1.807, 2.05) is 13.8 Å². The minimum Gasteiger partial charge on any atom is -0.478 e. The van der Waals surface area contributed by atoms with Crippen molar-refractivity contribution in [1.29, 1.82) is 0 Å². The molecule has 0 aliphatic rings. The molecule has 0 saturated carbocycles. The predicted molar refractivity (Wildman–Crippen MR) is 44.4 cm³/mol. The summed E-state index contributed by atoms with van der Waals surface area (Å²) >= 11 is 0. The molecule has 66 valence electrons. The van der Waals surface area contributed by atoms with Crippen LogP contribution < -0.4 is 0 Å². The summed E-state index contributed by atoms with van der Waals surface area (Å²) in [5, 5.41) is 16.0. The van der Waals surface area contributed by atoms with Crippen LogP contribution in [0.25, 0.3) is 0 Å². The van der Waals surface area contributed by atoms with Gasteiger partial charge in [-0.15, -0.1) is 0 Å². The number of carbonyl (C=O) groups is 1. The zero-order chi connectivity index (χ0) is 9.44. The number of aliphatic hydroxyl groups is 1. The van der Waals surface area contributed by atoms with Crippen molar-refractivity contribution >= 4 is 5.97 Å². The number of carboxylic acids is 1. The molecule has 0 aromatic rings. The van der Waals surface area contributed by atoms with E-state index in [0.717, 1.165) is 0 Å². The fraction of sp³-hybridized carbons (Fsp3) is 0.625. The van der Waals surface area contributed by atoms with Crippen LogP contribution in [0.4, 0.5) is 0 Å². The van der Waals surface area contributed by atoms with E-state index in [4.69, 9.17) is 10.2 Å². The lowest BCUT2D eigenvalue weighted by Crippen LogP contribution is -1.92. The van der Waals surface area contributed by atoms with Gasteiger partial charge < -0.3 is 10.2 Å². The Labute approximate surface area is 67.4 Å². The van der Waals surface area contributed by atoms with Crippen LogP contribution in [0.5, 0.6) is 0 Å². The van der Waals surface area contributed by atoms with Gasteiger partial charge in [-0.05, 0) is 12.8 Å². The fourth-order valence-electron chi connectivity index (χ4n) is 0. The molecule has 3 heteroatoms. The maximum Gasteiger partial charge on any atom is 0.330 e. The number of hydrogen-bond acceptors (Lipinski definition) is 2. The Kier molecular flexibility index (Phi) is 8.48. The highest BCUT2D eigenvalue weighted by atomic mass is 16.4. The van der Waals surface area contributed by atoms with Crippen molar-refractivity contribution in [2.75, 3.05) is 6.61 Å². The van der Waals surface area contributed by atoms with Crippen LogP contribution in [-0.2, 0) is 4.79 Å². The first-order valence-corrected chi connectivity index (χ1v) is 3.41. The lowest BCUT2D eigenvalue weighted by Gasteiger charge is -1.90. The maximum absolute atomic E-state index is 9.60. The second-order valence-corrected chi connectivity index (χ2v) is 2.66. The molecule has 11 heavy (non-hydrogen) atoms. The molecule has 0 aromatic heterocycles. The van der Waals surface area contributed by atoms with Crippen LogP contribution in [0.3, 0.4) is 0 Å². The van der Waals surface area contributed by atoms with Gasteiger partial charge in [0.1, 0.15) is 0 Å². The Morgan fingerprint density at radius 1 is 1.55 bits per heavy atom. The average Bonchev–Trinajstić information content (AvgIpc) is 1.89. The Balaban J connectivity index is 0. The van der Waals surface area contributed by atoms with Crippen molar-refractivity contribution in [3.8, 4) is 0 Å². The van der Waals surface area contributed by atoms with Crippen LogP contribution in [0.15, 0.2) is 12.2 Å². The van der Waals surface area contributed by atoms with Crippen molar-refractivity contribution in [2.45, 2.75) is 20.8 Å². The molecule has 2 N–H and O–H groups in total. The van der Waals surface area contributed by atoms with E-state index in [-0.39, 0.29) is 5.57 Å². The zero-order valence-electron chi connectivity index (χ0n) is 7.29. The maximum atomic E-state index is 9.60. The number of carboxylic acid groups (broad SMARTS) is 1. The third kappa shape index (κ3) is 17.6. The van der Waals surface area contributed by atoms with E-state index >= 15 is 0 Å². The topological polar surface area (TPSA) is 57.5 Å². The second kappa shape index (κ2) is 7.28. The van der Waals surface area contributed by atoms with Gasteiger partial charge in [0, 0.05) is 12.2 Å². The Hall–Kier alpha value is -0.830. The molecule has 0 rings (SSSR count). The van der Waals surface area contributed by atoms with Crippen LogP contribution in [0.2, 0.25) is 0 Å². The summed E-state index contributed by atoms with van der Waals surface area (Å²) in [5.41, 5.74) is 0.176. The lowest BCUT2D eigenvalue weighted by atomic mass is 10.2. The summed E-state index contributed by atoms with van der Waals surface area (Å²) in [6.07, 6.45) is 0. The first kappa shape index (κ1) is 12.8. The van der Waals surface area contributed by atoms with Gasteiger partial charge >= 0.3 is 5.97 Å². The van der Waals surface area contributed by atoms with Gasteiger partial charge in [-0.2, -0.15) is 0 Å². The highest BCUT2D eigenvalue weighted by Gasteiger charge is 1.90. The molecule has 0 unspecified atom stereocenters. The highest BCUT2D eigenvalue weighted by molar-refractivity contribution is 5.84. The minimum atomic E-state index is -0.935. The standard InChI is InChI=1S/C4H6O2.C4H10O/c1-3(2)4(5)6;1-4(2)3-5/h1H2,2H3,(H,5,6);4-5H,3H2,1-2H3. The molecule has 0 radical (unpaired) electrons. The normalized spacial score (nSPS) is 8.45. The Morgan fingerprint density at radius 2 is 1.73 bits per heavy atom. The van der Waals surface area contributed by atoms with Crippen molar-refractivity contribution < 1.29 is 15.0 Å². The first-order valence-electron chi connectivity index (χ1n) is 3.41. The largest absolute Gasteiger partial charge is 0.478 e. The lowest BCUT2D eigenvalue weighted by molar-refractivity contribution is -0.132. The summed E-state index contributed by atoms with van der Waals surface area (Å²) in [5.74, 6) is -0.495. The number of rotatable bonds is 2. The molecule has 0 aliphatic carbocycles. The molecule has 0 spiro atoms. The van der Waals surface area contributed by atoms with Crippen LogP contribution >= 0.6 is 0 Å². The highest BCUT2D eigenvalue weighted by Crippen LogP contribution is 1.83. The van der Waals surface area contributed by atoms with E-state index in [1.54, 1.807) is 0 Å². The summed E-state index contributed by atoms with van der Waals surface area (Å²) in [4.78, 5) is 9.60. The number of aliphatic hydroxyl groups excluding tert-OH is 1. The molecule has 0 bridgehead atoms. The fourth-order valence-corrected chi connectivity index (χ4v) is 0. The molecule has 0 aliphatic heterocycles. The van der Waals surface area contributed by atoms with Crippen molar-refractivity contribution in [3.63, 3.8) is 0 Å². The zero-order valence-corrected chi connectivity index (χ0v) is 7.29. The van der Waals surface area contributed by atoms with E-state index in [9.17, 15) is 4.79 Å². The number of aliphatic carboxylic acids is 1. The molecule has 0 aromatic carbocycles. The Morgan fingerprint density at radius 3 is 1.73 bits per heavy atom. The monoisotopic (exact) mass is 160 g/mol. The van der Waals surface area contributed by atoms with Crippen molar-refractivity contribution in [3.05, 3.63) is 12.2 Å². The van der Waals surface area contributed by atoms with Gasteiger partial charge in [0.15, 0.2) is 0 Å². The third-order valence-corrected chi connectivity index (χ3v) is 0.730. The van der Waals surface area contributed by atoms with Crippen LogP contribution in [-0.4, -0.2) is 22.8 Å². The smallest absolute Gasteiger partial charge is 0.330 e. The Bertz CT molecular complexity index is 115. The van der Waals surface area contributed by atoms with Gasteiger partial charge in [0.05, 0.1) is 0 Å². The van der Waals surface area contributed by atoms with E-state index in [1.165, 1.54) is 6.92 Å². The molecule has 0 atom stereocenters. The van der Waals surface area contributed by atoms with E-state index in [2.05, 4.69) is 6.58 Å². The minimum absolute atomic E-state index is 0.176. The molecule has 0 amide bonds. The predicted octanol–water partition coefficient (Wildman–Crippen LogP) is 1.28. The van der Waals surface area contributed by atoms with Crippen LogP contribution in [0, 0.1) is 5.92 Å². The number of hydrogen-bond donors (Lipinski definition) is 2. The molecule has 0 fully saturated rings. The van der Waals surface area contributed by atoms with Gasteiger partial charge in [-0.1, -0.05) is 20.4 Å². The van der Waals surface area contributed by atoms with Crippen molar-refractivity contribution in [2.24, 2.45) is 5.92 Å². The summed E-state index contributed by atoms with van der Waals surface area (Å²) < 4.78 is 0. The quantitative estimate of drug-likeness (QED) is 0.598. The van der Waals surface area contributed by atoms with Gasteiger partial charge in [-0.3, -0.25) is 0 Å². The first-order chi connectivity index (χ1) is 4.91.